The number of hydrogen-bond acceptors (Lipinski definition) is 4. The number of carbonyl (C=O) groups is 1. The standard InChI is InChI=1S/C18H21N3O2/c1-23-15-9-7-14(8-10-15)16(13-5-2-3-6-13)17(22)21-18-19-11-4-12-20-18/h4,7-13,16H,2-3,5-6H2,1H3,(H,19,20,21,22). The SMILES string of the molecule is COc1ccc(C(C(=O)Nc2ncccn2)C2CCCC2)cc1. The zero-order valence-corrected chi connectivity index (χ0v) is 13.2. The number of nitrogens with one attached hydrogen (secondary N) is 1. The van der Waals surface area contributed by atoms with E-state index in [1.54, 1.807) is 25.6 Å². The van der Waals surface area contributed by atoms with Crippen molar-refractivity contribution in [3.05, 3.63) is 48.3 Å². The zero-order chi connectivity index (χ0) is 16.1. The van der Waals surface area contributed by atoms with Gasteiger partial charge in [-0.2, -0.15) is 0 Å². The topological polar surface area (TPSA) is 64.1 Å². The molecule has 1 unspecified atom stereocenters. The summed E-state index contributed by atoms with van der Waals surface area (Å²) in [6.45, 7) is 0. The van der Waals surface area contributed by atoms with Crippen molar-refractivity contribution < 1.29 is 9.53 Å². The van der Waals surface area contributed by atoms with Gasteiger partial charge in [-0.1, -0.05) is 25.0 Å². The average molecular weight is 311 g/mol. The third kappa shape index (κ3) is 3.67. The van der Waals surface area contributed by atoms with Gasteiger partial charge >= 0.3 is 0 Å². The Morgan fingerprint density at radius 1 is 1.17 bits per heavy atom. The van der Waals surface area contributed by atoms with Crippen LogP contribution in [0.25, 0.3) is 0 Å². The van der Waals surface area contributed by atoms with E-state index < -0.39 is 0 Å². The van der Waals surface area contributed by atoms with Crippen LogP contribution in [0.1, 0.15) is 37.2 Å². The number of carbonyl (C=O) groups excluding carboxylic acids is 1. The van der Waals surface area contributed by atoms with Gasteiger partial charge in [-0.25, -0.2) is 9.97 Å². The van der Waals surface area contributed by atoms with E-state index in [1.165, 1.54) is 12.8 Å². The Balaban J connectivity index is 1.83. The summed E-state index contributed by atoms with van der Waals surface area (Å²) < 4.78 is 5.21. The lowest BCUT2D eigenvalue weighted by Gasteiger charge is -2.23. The van der Waals surface area contributed by atoms with Crippen molar-refractivity contribution in [2.45, 2.75) is 31.6 Å². The second-order valence-corrected chi connectivity index (χ2v) is 5.86. The van der Waals surface area contributed by atoms with E-state index in [0.29, 0.717) is 11.9 Å². The number of nitrogens with zero attached hydrogens (tertiary/aromatic N) is 2. The third-order valence-electron chi connectivity index (χ3n) is 4.43. The fourth-order valence-corrected chi connectivity index (χ4v) is 3.29. The molecular weight excluding hydrogens is 290 g/mol. The van der Waals surface area contributed by atoms with Crippen LogP contribution < -0.4 is 10.1 Å². The van der Waals surface area contributed by atoms with E-state index in [9.17, 15) is 4.79 Å². The molecule has 0 saturated heterocycles. The molecule has 1 atom stereocenters. The monoisotopic (exact) mass is 311 g/mol. The van der Waals surface area contributed by atoms with Crippen LogP contribution in [-0.4, -0.2) is 23.0 Å². The minimum absolute atomic E-state index is 0.0340. The Hall–Kier alpha value is -2.43. The Morgan fingerprint density at radius 2 is 1.83 bits per heavy atom. The molecule has 1 aliphatic rings. The molecule has 1 amide bonds. The molecule has 1 saturated carbocycles. The quantitative estimate of drug-likeness (QED) is 0.919. The van der Waals surface area contributed by atoms with Gasteiger partial charge < -0.3 is 4.74 Å². The molecule has 5 heteroatoms. The van der Waals surface area contributed by atoms with E-state index >= 15 is 0 Å². The normalized spacial score (nSPS) is 16.0. The fourth-order valence-electron chi connectivity index (χ4n) is 3.29. The molecule has 3 rings (SSSR count). The Kier molecular flexibility index (Phi) is 4.86. The molecular formula is C18H21N3O2. The molecule has 23 heavy (non-hydrogen) atoms. The van der Waals surface area contributed by atoms with Crippen LogP contribution in [0.4, 0.5) is 5.95 Å². The summed E-state index contributed by atoms with van der Waals surface area (Å²) in [4.78, 5) is 21.0. The van der Waals surface area contributed by atoms with Gasteiger partial charge in [0.1, 0.15) is 5.75 Å². The van der Waals surface area contributed by atoms with Crippen LogP contribution in [0.5, 0.6) is 5.75 Å². The van der Waals surface area contributed by atoms with Crippen LogP contribution in [0, 0.1) is 5.92 Å². The highest BCUT2D eigenvalue weighted by atomic mass is 16.5. The van der Waals surface area contributed by atoms with Gasteiger partial charge in [0.2, 0.25) is 11.9 Å². The minimum atomic E-state index is -0.174. The molecule has 0 bridgehead atoms. The smallest absolute Gasteiger partial charge is 0.234 e. The van der Waals surface area contributed by atoms with Crippen LogP contribution in [0.15, 0.2) is 42.7 Å². The van der Waals surface area contributed by atoms with E-state index in [4.69, 9.17) is 4.74 Å². The summed E-state index contributed by atoms with van der Waals surface area (Å²) in [7, 11) is 1.64. The molecule has 120 valence electrons. The summed E-state index contributed by atoms with van der Waals surface area (Å²) in [5.41, 5.74) is 1.02. The summed E-state index contributed by atoms with van der Waals surface area (Å²) in [5.74, 6) is 1.31. The lowest BCUT2D eigenvalue weighted by molar-refractivity contribution is -0.118. The first-order chi connectivity index (χ1) is 11.3. The van der Waals surface area contributed by atoms with Crippen molar-refractivity contribution in [1.29, 1.82) is 0 Å². The van der Waals surface area contributed by atoms with Crippen LogP contribution in [-0.2, 0) is 4.79 Å². The molecule has 1 aromatic carbocycles. The van der Waals surface area contributed by atoms with Crippen LogP contribution in [0.2, 0.25) is 0 Å². The van der Waals surface area contributed by atoms with Gasteiger partial charge in [-0.15, -0.1) is 0 Å². The molecule has 0 radical (unpaired) electrons. The van der Waals surface area contributed by atoms with Crippen molar-refractivity contribution >= 4 is 11.9 Å². The van der Waals surface area contributed by atoms with Crippen molar-refractivity contribution in [2.24, 2.45) is 5.92 Å². The number of aromatic nitrogens is 2. The molecule has 5 nitrogen and oxygen atoms in total. The van der Waals surface area contributed by atoms with Crippen molar-refractivity contribution in [3.8, 4) is 5.75 Å². The van der Waals surface area contributed by atoms with Crippen molar-refractivity contribution in [2.75, 3.05) is 12.4 Å². The molecule has 1 fully saturated rings. The molecule has 1 aromatic heterocycles. The maximum Gasteiger partial charge on any atom is 0.234 e. The Morgan fingerprint density at radius 3 is 2.43 bits per heavy atom. The maximum absolute atomic E-state index is 12.8. The summed E-state index contributed by atoms with van der Waals surface area (Å²) >= 11 is 0. The third-order valence-corrected chi connectivity index (χ3v) is 4.43. The van der Waals surface area contributed by atoms with Gasteiger partial charge in [0.05, 0.1) is 13.0 Å². The summed E-state index contributed by atoms with van der Waals surface area (Å²) in [6, 6.07) is 9.50. The largest absolute Gasteiger partial charge is 0.497 e. The lowest BCUT2D eigenvalue weighted by Crippen LogP contribution is -2.27. The minimum Gasteiger partial charge on any atom is -0.497 e. The van der Waals surface area contributed by atoms with Gasteiger partial charge in [-0.05, 0) is 42.5 Å². The molecule has 0 aliphatic heterocycles. The van der Waals surface area contributed by atoms with Crippen molar-refractivity contribution in [1.82, 2.24) is 9.97 Å². The first-order valence-electron chi connectivity index (χ1n) is 8.00. The fraction of sp³-hybridized carbons (Fsp3) is 0.389. The first-order valence-corrected chi connectivity index (χ1v) is 8.00. The molecule has 1 aliphatic carbocycles. The van der Waals surface area contributed by atoms with Gasteiger partial charge in [0, 0.05) is 12.4 Å². The van der Waals surface area contributed by atoms with Gasteiger partial charge in [0.25, 0.3) is 0 Å². The molecule has 1 heterocycles. The number of amides is 1. The number of benzene rings is 1. The van der Waals surface area contributed by atoms with Crippen LogP contribution >= 0.6 is 0 Å². The highest BCUT2D eigenvalue weighted by Gasteiger charge is 2.32. The second kappa shape index (κ2) is 7.22. The van der Waals surface area contributed by atoms with Crippen LogP contribution in [0.3, 0.4) is 0 Å². The van der Waals surface area contributed by atoms with E-state index in [0.717, 1.165) is 24.2 Å². The highest BCUT2D eigenvalue weighted by molar-refractivity contribution is 5.94. The second-order valence-electron chi connectivity index (χ2n) is 5.86. The molecule has 2 aromatic rings. The molecule has 0 spiro atoms. The number of methoxy groups -OCH3 is 1. The maximum atomic E-state index is 12.8. The Labute approximate surface area is 136 Å². The Bertz CT molecular complexity index is 637. The summed E-state index contributed by atoms with van der Waals surface area (Å²) in [5, 5.41) is 2.85. The zero-order valence-electron chi connectivity index (χ0n) is 13.2. The first kappa shape index (κ1) is 15.5. The van der Waals surface area contributed by atoms with E-state index in [2.05, 4.69) is 15.3 Å². The highest BCUT2D eigenvalue weighted by Crippen LogP contribution is 2.38. The predicted octanol–water partition coefficient (Wildman–Crippen LogP) is 3.40. The van der Waals surface area contributed by atoms with E-state index in [-0.39, 0.29) is 11.8 Å². The lowest BCUT2D eigenvalue weighted by atomic mass is 9.84. The number of hydrogen-bond donors (Lipinski definition) is 1. The summed E-state index contributed by atoms with van der Waals surface area (Å²) in [6.07, 6.45) is 7.79. The number of rotatable bonds is 5. The molecule has 1 N–H and O–H groups in total. The van der Waals surface area contributed by atoms with E-state index in [1.807, 2.05) is 24.3 Å². The average Bonchev–Trinajstić information content (AvgIpc) is 3.11. The predicted molar refractivity (Wildman–Crippen MR) is 88.4 cm³/mol. The van der Waals surface area contributed by atoms with Crippen molar-refractivity contribution in [3.63, 3.8) is 0 Å². The number of anilines is 1. The van der Waals surface area contributed by atoms with Gasteiger partial charge in [0.15, 0.2) is 0 Å². The number of ether oxygens (including phenoxy) is 1. The van der Waals surface area contributed by atoms with Gasteiger partial charge in [-0.3, -0.25) is 10.1 Å².